The number of hydrogen-bond acceptors (Lipinski definition) is 2. The van der Waals surface area contributed by atoms with Crippen molar-refractivity contribution in [3.8, 4) is 0 Å². The van der Waals surface area contributed by atoms with Crippen LogP contribution in [0.1, 0.15) is 27.2 Å². The molecule has 0 aliphatic carbocycles. The summed E-state index contributed by atoms with van der Waals surface area (Å²) in [5, 5.41) is 2.71. The summed E-state index contributed by atoms with van der Waals surface area (Å²) in [6.45, 7) is 6.22. The minimum absolute atomic E-state index is 0.0718. The maximum Gasteiger partial charge on any atom is 0.407 e. The van der Waals surface area contributed by atoms with Crippen molar-refractivity contribution in [1.29, 1.82) is 0 Å². The zero-order valence-electron chi connectivity index (χ0n) is 7.26. The summed E-state index contributed by atoms with van der Waals surface area (Å²) < 4.78 is 5.03. The Morgan fingerprint density at radius 1 is 1.64 bits per heavy atom. The standard InChI is InChI=1S/C8H15NO2/c1-5(2)4-7-6(3)9-8(10)11-7/h5-7H,4H2,1-3H3,(H,9,10)/t6-,7-/m0/s1. The molecule has 0 bridgehead atoms. The van der Waals surface area contributed by atoms with Crippen molar-refractivity contribution in [3.05, 3.63) is 0 Å². The molecule has 1 aliphatic heterocycles. The predicted octanol–water partition coefficient (Wildman–Crippen LogP) is 1.53. The second-order valence-electron chi connectivity index (χ2n) is 3.51. The van der Waals surface area contributed by atoms with Crippen LogP contribution in [-0.2, 0) is 4.74 Å². The number of amides is 1. The number of carbonyl (C=O) groups excluding carboxylic acids is 1. The van der Waals surface area contributed by atoms with Gasteiger partial charge < -0.3 is 10.1 Å². The second kappa shape index (κ2) is 3.11. The number of cyclic esters (lactones) is 1. The monoisotopic (exact) mass is 157 g/mol. The Bertz CT molecular complexity index is 156. The zero-order valence-corrected chi connectivity index (χ0v) is 7.26. The van der Waals surface area contributed by atoms with Crippen molar-refractivity contribution in [1.82, 2.24) is 5.32 Å². The number of nitrogens with one attached hydrogen (secondary N) is 1. The minimum Gasteiger partial charge on any atom is -0.444 e. The third-order valence-corrected chi connectivity index (χ3v) is 1.87. The molecule has 1 rings (SSSR count). The molecule has 1 aliphatic rings. The van der Waals surface area contributed by atoms with Crippen LogP contribution >= 0.6 is 0 Å². The van der Waals surface area contributed by atoms with Gasteiger partial charge >= 0.3 is 6.09 Å². The lowest BCUT2D eigenvalue weighted by atomic mass is 10.0. The van der Waals surface area contributed by atoms with Gasteiger partial charge in [-0.1, -0.05) is 13.8 Å². The predicted molar refractivity (Wildman–Crippen MR) is 42.3 cm³/mol. The van der Waals surface area contributed by atoms with E-state index in [1.807, 2.05) is 6.92 Å². The summed E-state index contributed by atoms with van der Waals surface area (Å²) in [5.41, 5.74) is 0. The third kappa shape index (κ3) is 2.10. The SMILES string of the molecule is CC(C)C[C@@H]1OC(=O)N[C@H]1C. The number of ether oxygens (including phenoxy) is 1. The normalized spacial score (nSPS) is 30.4. The topological polar surface area (TPSA) is 38.3 Å². The highest BCUT2D eigenvalue weighted by Gasteiger charge is 2.30. The molecule has 0 unspecified atom stereocenters. The van der Waals surface area contributed by atoms with E-state index < -0.39 is 0 Å². The first-order valence-electron chi connectivity index (χ1n) is 4.06. The fourth-order valence-corrected chi connectivity index (χ4v) is 1.27. The van der Waals surface area contributed by atoms with Crippen LogP contribution in [0.3, 0.4) is 0 Å². The van der Waals surface area contributed by atoms with E-state index in [2.05, 4.69) is 19.2 Å². The lowest BCUT2D eigenvalue weighted by Gasteiger charge is -2.14. The molecule has 1 N–H and O–H groups in total. The lowest BCUT2D eigenvalue weighted by molar-refractivity contribution is 0.120. The summed E-state index contributed by atoms with van der Waals surface area (Å²) in [5.74, 6) is 0.579. The van der Waals surface area contributed by atoms with E-state index >= 15 is 0 Å². The molecule has 0 aromatic carbocycles. The van der Waals surface area contributed by atoms with E-state index in [-0.39, 0.29) is 18.2 Å². The molecule has 1 heterocycles. The molecule has 1 fully saturated rings. The highest BCUT2D eigenvalue weighted by atomic mass is 16.6. The molecular weight excluding hydrogens is 142 g/mol. The van der Waals surface area contributed by atoms with Crippen molar-refractivity contribution in [2.45, 2.75) is 39.3 Å². The highest BCUT2D eigenvalue weighted by molar-refractivity contribution is 5.70. The number of rotatable bonds is 2. The van der Waals surface area contributed by atoms with Gasteiger partial charge in [0.25, 0.3) is 0 Å². The van der Waals surface area contributed by atoms with Gasteiger partial charge in [-0.3, -0.25) is 0 Å². The van der Waals surface area contributed by atoms with Crippen molar-refractivity contribution < 1.29 is 9.53 Å². The van der Waals surface area contributed by atoms with Gasteiger partial charge in [-0.05, 0) is 19.3 Å². The van der Waals surface area contributed by atoms with Gasteiger partial charge in [0.2, 0.25) is 0 Å². The van der Waals surface area contributed by atoms with E-state index in [4.69, 9.17) is 4.74 Å². The van der Waals surface area contributed by atoms with E-state index in [0.717, 1.165) is 6.42 Å². The molecule has 0 saturated carbocycles. The maximum atomic E-state index is 10.7. The van der Waals surface area contributed by atoms with E-state index in [1.54, 1.807) is 0 Å². The summed E-state index contributed by atoms with van der Waals surface area (Å²) in [6, 6.07) is 0.171. The molecule has 1 saturated heterocycles. The molecule has 3 heteroatoms. The van der Waals surface area contributed by atoms with Crippen LogP contribution < -0.4 is 5.32 Å². The first-order chi connectivity index (χ1) is 5.09. The Morgan fingerprint density at radius 2 is 2.27 bits per heavy atom. The Hall–Kier alpha value is -0.730. The van der Waals surface area contributed by atoms with Crippen LogP contribution in [0.4, 0.5) is 4.79 Å². The average Bonchev–Trinajstić information content (AvgIpc) is 2.09. The van der Waals surface area contributed by atoms with Gasteiger partial charge in [0.05, 0.1) is 6.04 Å². The van der Waals surface area contributed by atoms with Crippen molar-refractivity contribution >= 4 is 6.09 Å². The van der Waals surface area contributed by atoms with Gasteiger partial charge in [0, 0.05) is 0 Å². The van der Waals surface area contributed by atoms with Crippen molar-refractivity contribution in [2.24, 2.45) is 5.92 Å². The quantitative estimate of drug-likeness (QED) is 0.660. The number of alkyl carbamates (subject to hydrolysis) is 1. The molecule has 3 nitrogen and oxygen atoms in total. The minimum atomic E-state index is -0.275. The van der Waals surface area contributed by atoms with Crippen LogP contribution in [0.15, 0.2) is 0 Å². The Morgan fingerprint density at radius 3 is 2.64 bits per heavy atom. The molecule has 64 valence electrons. The van der Waals surface area contributed by atoms with Crippen LogP contribution in [0.25, 0.3) is 0 Å². The van der Waals surface area contributed by atoms with E-state index in [0.29, 0.717) is 5.92 Å². The zero-order chi connectivity index (χ0) is 8.43. The van der Waals surface area contributed by atoms with Gasteiger partial charge in [-0.15, -0.1) is 0 Å². The average molecular weight is 157 g/mol. The first kappa shape index (κ1) is 8.37. The molecule has 1 amide bonds. The van der Waals surface area contributed by atoms with E-state index in [9.17, 15) is 4.79 Å². The number of carbonyl (C=O) groups is 1. The Balaban J connectivity index is 2.40. The van der Waals surface area contributed by atoms with Crippen LogP contribution in [0.2, 0.25) is 0 Å². The third-order valence-electron chi connectivity index (χ3n) is 1.87. The summed E-state index contributed by atoms with van der Waals surface area (Å²) in [6.07, 6.45) is 0.741. The summed E-state index contributed by atoms with van der Waals surface area (Å²) in [7, 11) is 0. The molecule has 0 aromatic rings. The van der Waals surface area contributed by atoms with Gasteiger partial charge in [-0.2, -0.15) is 0 Å². The molecule has 0 aromatic heterocycles. The Labute approximate surface area is 67.1 Å². The number of hydrogen-bond donors (Lipinski definition) is 1. The molecule has 0 spiro atoms. The fourth-order valence-electron chi connectivity index (χ4n) is 1.27. The first-order valence-corrected chi connectivity index (χ1v) is 4.06. The second-order valence-corrected chi connectivity index (χ2v) is 3.51. The van der Waals surface area contributed by atoms with Gasteiger partial charge in [0.1, 0.15) is 6.10 Å². The highest BCUT2D eigenvalue weighted by Crippen LogP contribution is 2.16. The van der Waals surface area contributed by atoms with Gasteiger partial charge in [-0.25, -0.2) is 4.79 Å². The largest absolute Gasteiger partial charge is 0.444 e. The molecular formula is C8H15NO2. The summed E-state index contributed by atoms with van der Waals surface area (Å²) >= 11 is 0. The summed E-state index contributed by atoms with van der Waals surface area (Å²) in [4.78, 5) is 10.7. The van der Waals surface area contributed by atoms with Crippen molar-refractivity contribution in [2.75, 3.05) is 0 Å². The van der Waals surface area contributed by atoms with E-state index in [1.165, 1.54) is 0 Å². The smallest absolute Gasteiger partial charge is 0.407 e. The fraction of sp³-hybridized carbons (Fsp3) is 0.875. The van der Waals surface area contributed by atoms with Crippen LogP contribution in [0.5, 0.6) is 0 Å². The van der Waals surface area contributed by atoms with Crippen LogP contribution in [-0.4, -0.2) is 18.2 Å². The van der Waals surface area contributed by atoms with Crippen LogP contribution in [0, 0.1) is 5.92 Å². The lowest BCUT2D eigenvalue weighted by Crippen LogP contribution is -2.28. The molecule has 11 heavy (non-hydrogen) atoms. The maximum absolute atomic E-state index is 10.7. The van der Waals surface area contributed by atoms with Gasteiger partial charge in [0.15, 0.2) is 0 Å². The molecule has 0 radical (unpaired) electrons. The molecule has 2 atom stereocenters. The van der Waals surface area contributed by atoms with Crippen molar-refractivity contribution in [3.63, 3.8) is 0 Å². The Kier molecular flexibility index (Phi) is 2.37.